The standard InChI is InChI=1S/C15H25N3O3/c1-4-20-15(19)18-9-7-17(8-10-18)14(12(3)16)13-6-5-11(2)21-13/h5-6,12,14H,4,7-10,16H2,1-3H3. The number of hydrogen-bond donors (Lipinski definition) is 1. The first-order valence-electron chi connectivity index (χ1n) is 7.50. The third kappa shape index (κ3) is 3.77. The van der Waals surface area contributed by atoms with E-state index in [9.17, 15) is 4.79 Å². The summed E-state index contributed by atoms with van der Waals surface area (Å²) in [5, 5.41) is 0. The van der Waals surface area contributed by atoms with Gasteiger partial charge in [0.1, 0.15) is 11.5 Å². The Morgan fingerprint density at radius 3 is 2.52 bits per heavy atom. The van der Waals surface area contributed by atoms with Gasteiger partial charge in [0.2, 0.25) is 0 Å². The predicted molar refractivity (Wildman–Crippen MR) is 80.0 cm³/mol. The van der Waals surface area contributed by atoms with Crippen molar-refractivity contribution in [1.82, 2.24) is 9.80 Å². The molecule has 0 saturated carbocycles. The molecule has 0 aliphatic carbocycles. The molecule has 118 valence electrons. The molecule has 6 heteroatoms. The van der Waals surface area contributed by atoms with Crippen molar-refractivity contribution in [3.05, 3.63) is 23.7 Å². The van der Waals surface area contributed by atoms with Crippen LogP contribution in [0, 0.1) is 6.92 Å². The average Bonchev–Trinajstić information content (AvgIpc) is 2.86. The lowest BCUT2D eigenvalue weighted by Gasteiger charge is -2.39. The Morgan fingerprint density at radius 1 is 1.38 bits per heavy atom. The summed E-state index contributed by atoms with van der Waals surface area (Å²) in [5.41, 5.74) is 6.14. The third-order valence-corrected chi connectivity index (χ3v) is 3.78. The molecule has 2 atom stereocenters. The summed E-state index contributed by atoms with van der Waals surface area (Å²) in [6.45, 7) is 8.99. The van der Waals surface area contributed by atoms with E-state index >= 15 is 0 Å². The molecule has 2 N–H and O–H groups in total. The van der Waals surface area contributed by atoms with Crippen LogP contribution < -0.4 is 5.73 Å². The zero-order valence-corrected chi connectivity index (χ0v) is 13.0. The maximum absolute atomic E-state index is 11.7. The van der Waals surface area contributed by atoms with Crippen molar-refractivity contribution in [2.75, 3.05) is 32.8 Å². The Morgan fingerprint density at radius 2 is 2.05 bits per heavy atom. The van der Waals surface area contributed by atoms with Crippen LogP contribution in [0.2, 0.25) is 0 Å². The second kappa shape index (κ2) is 6.95. The molecule has 2 heterocycles. The zero-order chi connectivity index (χ0) is 15.4. The van der Waals surface area contributed by atoms with Crippen molar-refractivity contribution in [3.63, 3.8) is 0 Å². The van der Waals surface area contributed by atoms with Crippen molar-refractivity contribution in [2.24, 2.45) is 5.73 Å². The maximum atomic E-state index is 11.7. The topological polar surface area (TPSA) is 71.9 Å². The van der Waals surface area contributed by atoms with Gasteiger partial charge in [-0.2, -0.15) is 0 Å². The van der Waals surface area contributed by atoms with Crippen molar-refractivity contribution < 1.29 is 13.9 Å². The first kappa shape index (κ1) is 15.9. The average molecular weight is 295 g/mol. The smallest absolute Gasteiger partial charge is 0.409 e. The van der Waals surface area contributed by atoms with Crippen LogP contribution in [-0.2, 0) is 4.74 Å². The monoisotopic (exact) mass is 295 g/mol. The van der Waals surface area contributed by atoms with Gasteiger partial charge in [-0.25, -0.2) is 4.79 Å². The van der Waals surface area contributed by atoms with E-state index < -0.39 is 0 Å². The van der Waals surface area contributed by atoms with Gasteiger partial charge in [-0.15, -0.1) is 0 Å². The fraction of sp³-hybridized carbons (Fsp3) is 0.667. The number of furan rings is 1. The maximum Gasteiger partial charge on any atom is 0.409 e. The number of rotatable bonds is 4. The molecule has 1 fully saturated rings. The van der Waals surface area contributed by atoms with Crippen LogP contribution in [0.3, 0.4) is 0 Å². The highest BCUT2D eigenvalue weighted by Gasteiger charge is 2.31. The fourth-order valence-electron chi connectivity index (χ4n) is 2.78. The van der Waals surface area contributed by atoms with Gasteiger partial charge in [0.15, 0.2) is 0 Å². The predicted octanol–water partition coefficient (Wildman–Crippen LogP) is 1.75. The number of carbonyl (C=O) groups is 1. The van der Waals surface area contributed by atoms with E-state index in [2.05, 4.69) is 4.90 Å². The number of piperazine rings is 1. The van der Waals surface area contributed by atoms with E-state index in [4.69, 9.17) is 14.9 Å². The van der Waals surface area contributed by atoms with Crippen LogP contribution in [0.4, 0.5) is 4.79 Å². The highest BCUT2D eigenvalue weighted by atomic mass is 16.6. The summed E-state index contributed by atoms with van der Waals surface area (Å²) in [7, 11) is 0. The normalized spacial score (nSPS) is 19.3. The first-order chi connectivity index (χ1) is 10.0. The van der Waals surface area contributed by atoms with E-state index in [1.54, 1.807) is 4.90 Å². The molecule has 1 aliphatic heterocycles. The Labute approximate surface area is 125 Å². The molecular weight excluding hydrogens is 270 g/mol. The second-order valence-electron chi connectivity index (χ2n) is 5.47. The lowest BCUT2D eigenvalue weighted by Crippen LogP contribution is -2.52. The number of hydrogen-bond acceptors (Lipinski definition) is 5. The fourth-order valence-corrected chi connectivity index (χ4v) is 2.78. The van der Waals surface area contributed by atoms with Gasteiger partial charge >= 0.3 is 6.09 Å². The van der Waals surface area contributed by atoms with E-state index in [0.717, 1.165) is 24.6 Å². The Hall–Kier alpha value is -1.53. The molecule has 1 saturated heterocycles. The van der Waals surface area contributed by atoms with Crippen molar-refractivity contribution >= 4 is 6.09 Å². The van der Waals surface area contributed by atoms with Gasteiger partial charge in [-0.3, -0.25) is 4.90 Å². The van der Waals surface area contributed by atoms with Crippen molar-refractivity contribution in [3.8, 4) is 0 Å². The van der Waals surface area contributed by atoms with Crippen LogP contribution in [0.25, 0.3) is 0 Å². The summed E-state index contributed by atoms with van der Waals surface area (Å²) >= 11 is 0. The number of ether oxygens (including phenoxy) is 1. The summed E-state index contributed by atoms with van der Waals surface area (Å²) in [4.78, 5) is 15.7. The quantitative estimate of drug-likeness (QED) is 0.916. The van der Waals surface area contributed by atoms with E-state index in [-0.39, 0.29) is 18.2 Å². The lowest BCUT2D eigenvalue weighted by atomic mass is 10.1. The number of nitrogens with zero attached hydrogens (tertiary/aromatic N) is 2. The number of aryl methyl sites for hydroxylation is 1. The number of nitrogens with two attached hydrogens (primary N) is 1. The molecule has 21 heavy (non-hydrogen) atoms. The third-order valence-electron chi connectivity index (χ3n) is 3.78. The van der Waals surface area contributed by atoms with Gasteiger partial charge in [-0.05, 0) is 32.9 Å². The van der Waals surface area contributed by atoms with E-state index in [1.807, 2.05) is 32.9 Å². The highest BCUT2D eigenvalue weighted by Crippen LogP contribution is 2.26. The molecule has 2 rings (SSSR count). The summed E-state index contributed by atoms with van der Waals surface area (Å²) < 4.78 is 10.8. The van der Waals surface area contributed by atoms with Crippen LogP contribution in [0.5, 0.6) is 0 Å². The summed E-state index contributed by atoms with van der Waals surface area (Å²) in [6, 6.07) is 3.95. The minimum Gasteiger partial charge on any atom is -0.465 e. The minimum atomic E-state index is -0.233. The molecule has 0 aromatic carbocycles. The minimum absolute atomic E-state index is 0.0373. The first-order valence-corrected chi connectivity index (χ1v) is 7.50. The number of amides is 1. The van der Waals surface area contributed by atoms with E-state index in [0.29, 0.717) is 19.7 Å². The molecule has 0 radical (unpaired) electrons. The van der Waals surface area contributed by atoms with E-state index in [1.165, 1.54) is 0 Å². The van der Waals surface area contributed by atoms with Crippen LogP contribution in [-0.4, -0.2) is 54.7 Å². The zero-order valence-electron chi connectivity index (χ0n) is 13.0. The molecule has 0 spiro atoms. The van der Waals surface area contributed by atoms with Gasteiger partial charge in [-0.1, -0.05) is 0 Å². The summed E-state index contributed by atoms with van der Waals surface area (Å²) in [5.74, 6) is 1.79. The van der Waals surface area contributed by atoms with Crippen LogP contribution in [0.15, 0.2) is 16.5 Å². The van der Waals surface area contributed by atoms with Gasteiger partial charge < -0.3 is 19.8 Å². The largest absolute Gasteiger partial charge is 0.465 e. The Bertz CT molecular complexity index is 464. The molecule has 2 unspecified atom stereocenters. The second-order valence-corrected chi connectivity index (χ2v) is 5.47. The SMILES string of the molecule is CCOC(=O)N1CCN(C(c2ccc(C)o2)C(C)N)CC1. The highest BCUT2D eigenvalue weighted by molar-refractivity contribution is 5.67. The molecule has 1 amide bonds. The Balaban J connectivity index is 2.00. The van der Waals surface area contributed by atoms with Gasteiger partial charge in [0.25, 0.3) is 0 Å². The van der Waals surface area contributed by atoms with Crippen molar-refractivity contribution in [1.29, 1.82) is 0 Å². The molecule has 0 bridgehead atoms. The summed E-state index contributed by atoms with van der Waals surface area (Å²) in [6.07, 6.45) is -0.233. The molecular formula is C15H25N3O3. The van der Waals surface area contributed by atoms with Crippen molar-refractivity contribution in [2.45, 2.75) is 32.9 Å². The molecule has 1 aromatic heterocycles. The molecule has 1 aromatic rings. The van der Waals surface area contributed by atoms with Gasteiger partial charge in [0, 0.05) is 32.2 Å². The lowest BCUT2D eigenvalue weighted by molar-refractivity contribution is 0.0569. The Kier molecular flexibility index (Phi) is 5.25. The van der Waals surface area contributed by atoms with Gasteiger partial charge in [0.05, 0.1) is 12.6 Å². The van der Waals surface area contributed by atoms with Crippen LogP contribution in [0.1, 0.15) is 31.4 Å². The van der Waals surface area contributed by atoms with Crippen LogP contribution >= 0.6 is 0 Å². The number of carbonyl (C=O) groups excluding carboxylic acids is 1. The molecule has 6 nitrogen and oxygen atoms in total. The molecule has 1 aliphatic rings.